The highest BCUT2D eigenvalue weighted by Crippen LogP contribution is 2.62. The van der Waals surface area contributed by atoms with Gasteiger partial charge in [0.2, 0.25) is 0 Å². The van der Waals surface area contributed by atoms with Crippen molar-refractivity contribution in [1.29, 1.82) is 0 Å². The number of epoxide rings is 1. The Balaban J connectivity index is 0.987. The zero-order chi connectivity index (χ0) is 43.4. The summed E-state index contributed by atoms with van der Waals surface area (Å²) in [5.41, 5.74) is 16.2. The smallest absolute Gasteiger partial charge is 0.341 e. The zero-order valence-corrected chi connectivity index (χ0v) is 37.3. The van der Waals surface area contributed by atoms with Crippen LogP contribution in [0.1, 0.15) is 62.7 Å². The number of hydrogen-bond donors (Lipinski definition) is 7. The minimum Gasteiger partial charge on any atom is -0.507 e. The van der Waals surface area contributed by atoms with Crippen molar-refractivity contribution in [3.05, 3.63) is 105 Å². The summed E-state index contributed by atoms with van der Waals surface area (Å²) in [5.74, 6) is 2.53. The Kier molecular flexibility index (Phi) is 9.97. The number of fused-ring (bicyclic) bond motifs is 8. The molecule has 3 saturated heterocycles. The number of aromatic hydroxyl groups is 1. The molecule has 1 spiro atoms. The Morgan fingerprint density at radius 1 is 1.10 bits per heavy atom. The molecular formula is C47H55N7O7S2. The lowest BCUT2D eigenvalue weighted by molar-refractivity contribution is -0.174. The molecule has 8 aliphatic rings. The van der Waals surface area contributed by atoms with Crippen molar-refractivity contribution in [2.45, 2.75) is 100 Å². The van der Waals surface area contributed by atoms with E-state index in [1.807, 2.05) is 26.2 Å². The number of allylic oxidation sites excluding steroid dienone is 2. The fourth-order valence-electron chi connectivity index (χ4n) is 12.0. The average Bonchev–Trinajstić information content (AvgIpc) is 3.58. The van der Waals surface area contributed by atoms with E-state index in [4.69, 9.17) is 30.1 Å². The van der Waals surface area contributed by atoms with Gasteiger partial charge in [-0.2, -0.15) is 0 Å². The number of aryl methyl sites for hydroxylation is 1. The molecule has 1 aliphatic carbocycles. The van der Waals surface area contributed by atoms with Crippen molar-refractivity contribution in [2.75, 3.05) is 25.1 Å². The highest BCUT2D eigenvalue weighted by atomic mass is 33.1. The van der Waals surface area contributed by atoms with Gasteiger partial charge in [0.15, 0.2) is 11.0 Å². The van der Waals surface area contributed by atoms with Crippen LogP contribution in [0.15, 0.2) is 92.6 Å². The largest absolute Gasteiger partial charge is 0.507 e. The second kappa shape index (κ2) is 15.4. The zero-order valence-electron chi connectivity index (χ0n) is 35.7. The average molecular weight is 894 g/mol. The lowest BCUT2D eigenvalue weighted by Gasteiger charge is -2.50. The van der Waals surface area contributed by atoms with Gasteiger partial charge in [-0.15, -0.1) is 0 Å². The third kappa shape index (κ3) is 6.85. The van der Waals surface area contributed by atoms with E-state index < -0.39 is 23.2 Å². The number of aromatic nitrogens is 2. The first-order valence-electron chi connectivity index (χ1n) is 22.2. The molecule has 4 fully saturated rings. The maximum Gasteiger partial charge on any atom is 0.341 e. The van der Waals surface area contributed by atoms with Crippen LogP contribution in [0.5, 0.6) is 11.5 Å². The number of H-pyrrole nitrogens is 1. The van der Waals surface area contributed by atoms with Gasteiger partial charge in [-0.3, -0.25) is 4.79 Å². The number of nitrogens with two attached hydrogens (primary N) is 2. The molecule has 0 amide bonds. The van der Waals surface area contributed by atoms with Gasteiger partial charge in [-0.05, 0) is 94.7 Å². The van der Waals surface area contributed by atoms with Crippen LogP contribution in [0.3, 0.4) is 0 Å². The number of nitrogens with one attached hydrogen (secondary N) is 4. The fourth-order valence-corrected chi connectivity index (χ4v) is 14.3. The van der Waals surface area contributed by atoms with Crippen molar-refractivity contribution in [3.63, 3.8) is 0 Å². The van der Waals surface area contributed by atoms with Gasteiger partial charge in [0, 0.05) is 83.6 Å². The predicted octanol–water partition coefficient (Wildman–Crippen LogP) is 5.67. The molecule has 63 heavy (non-hydrogen) atoms. The molecule has 16 heteroatoms. The van der Waals surface area contributed by atoms with Crippen LogP contribution < -0.4 is 37.6 Å². The third-order valence-corrected chi connectivity index (χ3v) is 17.2. The van der Waals surface area contributed by atoms with Crippen molar-refractivity contribution < 1.29 is 28.5 Å². The van der Waals surface area contributed by atoms with Gasteiger partial charge < -0.3 is 60.7 Å². The summed E-state index contributed by atoms with van der Waals surface area (Å²) in [4.78, 5) is 31.9. The highest BCUT2D eigenvalue weighted by molar-refractivity contribution is 8.76. The Morgan fingerprint density at radius 2 is 1.97 bits per heavy atom. The van der Waals surface area contributed by atoms with Gasteiger partial charge >= 0.3 is 5.97 Å². The summed E-state index contributed by atoms with van der Waals surface area (Å²) in [7, 11) is 5.40. The van der Waals surface area contributed by atoms with Gasteiger partial charge in [0.25, 0.3) is 0 Å². The number of aromatic amines is 1. The van der Waals surface area contributed by atoms with Crippen LogP contribution in [0.25, 0.3) is 21.9 Å². The van der Waals surface area contributed by atoms with E-state index in [9.17, 15) is 9.90 Å². The molecule has 1 aromatic carbocycles. The topological polar surface area (TPSA) is 207 Å². The second-order valence-electron chi connectivity index (χ2n) is 18.8. The lowest BCUT2D eigenvalue weighted by atomic mass is 9.61. The first-order chi connectivity index (χ1) is 30.4. The van der Waals surface area contributed by atoms with Gasteiger partial charge in [0.1, 0.15) is 45.8 Å². The van der Waals surface area contributed by atoms with E-state index in [1.54, 1.807) is 34.6 Å². The summed E-state index contributed by atoms with van der Waals surface area (Å²) in [5, 5.41) is 24.1. The molecule has 10 heterocycles. The van der Waals surface area contributed by atoms with Gasteiger partial charge in [-0.25, -0.2) is 4.79 Å². The Morgan fingerprint density at radius 3 is 2.81 bits per heavy atom. The monoisotopic (exact) mass is 893 g/mol. The Labute approximate surface area is 373 Å². The molecule has 6 bridgehead atoms. The van der Waals surface area contributed by atoms with E-state index in [0.29, 0.717) is 72.6 Å². The van der Waals surface area contributed by atoms with E-state index in [-0.39, 0.29) is 64.1 Å². The molecule has 12 rings (SSSR count). The SMILES string of the molecule is CNCC1CC2CCC1C1c3c(cc4oc(C)cc(=O)c4c3O)OC3(C)CCSSCC4=C(N)NC(Cn5cc6cc[nH]c6c5)C=C4C4C=C(C=C(N)N4)CCC4OC24C(=O)OC13. The van der Waals surface area contributed by atoms with E-state index >= 15 is 4.79 Å². The summed E-state index contributed by atoms with van der Waals surface area (Å²) in [6.45, 7) is 5.15. The summed E-state index contributed by atoms with van der Waals surface area (Å²) in [6.07, 6.45) is 15.7. The number of benzene rings is 1. The number of nitrogens with zero attached hydrogens (tertiary/aromatic N) is 1. The molecule has 9 N–H and O–H groups in total. The number of carbonyl (C=O) groups excluding carboxylic acids is 1. The van der Waals surface area contributed by atoms with Crippen LogP contribution in [-0.2, 0) is 20.8 Å². The number of phenolic OH excluding ortho intramolecular Hbond substituents is 1. The lowest BCUT2D eigenvalue weighted by Crippen LogP contribution is -2.56. The van der Waals surface area contributed by atoms with Crippen molar-refractivity contribution in [2.24, 2.45) is 29.2 Å². The molecule has 332 valence electrons. The first-order valence-corrected chi connectivity index (χ1v) is 24.7. The number of esters is 1. The molecule has 10 unspecified atom stereocenters. The number of dihydropyridines is 2. The molecule has 0 radical (unpaired) electrons. The fraction of sp³-hybridized carbons (Fsp3) is 0.489. The normalized spacial score (nSPS) is 34.0. The van der Waals surface area contributed by atoms with Crippen LogP contribution >= 0.6 is 21.6 Å². The van der Waals surface area contributed by atoms with Gasteiger partial charge in [0.05, 0.1) is 29.5 Å². The van der Waals surface area contributed by atoms with Crippen LogP contribution in [0, 0.1) is 24.7 Å². The van der Waals surface area contributed by atoms with E-state index in [0.717, 1.165) is 46.9 Å². The quantitative estimate of drug-likeness (QED) is 0.0749. The standard InChI is InChI=1S/C47H55N7O7S2/c1-23-12-34(55)40-35(58-23)17-36-41(42(40)56)39-29-6-5-27(15-26(29)18-50-3)47-37(61-47)7-4-24-13-32(53-38(48)14-24)30-16-28(20-54-19-25-8-10-51-33(25)21-54)52-44(49)31(30)22-63-62-11-9-46(2,60-36)43(39)59-45(47)57/h8,10,12-14,16-17,19,21,26-29,32,37,39,43,50-53,56H,4-7,9,11,15,18,20,22,48-49H2,1-3H3. The molecule has 3 aromatic heterocycles. The first kappa shape index (κ1) is 40.8. The van der Waals surface area contributed by atoms with E-state index in [1.165, 1.54) is 6.07 Å². The Bertz CT molecular complexity index is 2690. The van der Waals surface area contributed by atoms with Crippen molar-refractivity contribution >= 4 is 49.4 Å². The molecule has 14 nitrogen and oxygen atoms in total. The summed E-state index contributed by atoms with van der Waals surface area (Å²) < 4.78 is 28.9. The molecule has 10 atom stereocenters. The third-order valence-electron chi connectivity index (χ3n) is 14.9. The number of rotatable bonds is 4. The number of ether oxygens (including phenoxy) is 3. The number of hydrogen-bond acceptors (Lipinski definition) is 14. The maximum absolute atomic E-state index is 15.1. The predicted molar refractivity (Wildman–Crippen MR) is 245 cm³/mol. The van der Waals surface area contributed by atoms with Gasteiger partial charge in [-0.1, -0.05) is 33.7 Å². The maximum atomic E-state index is 15.1. The molecule has 1 saturated carbocycles. The van der Waals surface area contributed by atoms with Crippen molar-refractivity contribution in [3.8, 4) is 11.5 Å². The number of carbonyl (C=O) groups is 1. The summed E-state index contributed by atoms with van der Waals surface area (Å²) in [6, 6.07) is 4.96. The molecule has 7 aliphatic heterocycles. The van der Waals surface area contributed by atoms with Crippen LogP contribution in [0.4, 0.5) is 0 Å². The van der Waals surface area contributed by atoms with Crippen LogP contribution in [0.2, 0.25) is 0 Å². The minimum atomic E-state index is -1.10. The highest BCUT2D eigenvalue weighted by Gasteiger charge is 2.71. The summed E-state index contributed by atoms with van der Waals surface area (Å²) >= 11 is 0. The Hall–Kier alpha value is -4.90. The van der Waals surface area contributed by atoms with E-state index in [2.05, 4.69) is 56.1 Å². The molecule has 4 aromatic rings. The minimum absolute atomic E-state index is 0.0115. The van der Waals surface area contributed by atoms with Crippen LogP contribution in [-0.4, -0.2) is 81.2 Å². The molecular weight excluding hydrogens is 839 g/mol. The second-order valence-corrected chi connectivity index (χ2v) is 21.4. The number of phenols is 1. The van der Waals surface area contributed by atoms with Crippen molar-refractivity contribution in [1.82, 2.24) is 25.5 Å².